The lowest BCUT2D eigenvalue weighted by Gasteiger charge is -2.08. The smallest absolute Gasteiger partial charge is 0.328 e. The first-order valence-electron chi connectivity index (χ1n) is 6.13. The molecule has 0 aromatic heterocycles. The number of hydrogen-bond acceptors (Lipinski definition) is 2. The number of benzene rings is 2. The van der Waals surface area contributed by atoms with Crippen LogP contribution in [0.2, 0.25) is 0 Å². The van der Waals surface area contributed by atoms with Crippen LogP contribution in [0.5, 0.6) is 5.75 Å². The van der Waals surface area contributed by atoms with Crippen LogP contribution in [0.1, 0.15) is 11.1 Å². The fourth-order valence-corrected chi connectivity index (χ4v) is 1.67. The highest BCUT2D eigenvalue weighted by Crippen LogP contribution is 2.22. The highest BCUT2D eigenvalue weighted by Gasteiger charge is 2.09. The third-order valence-corrected chi connectivity index (χ3v) is 2.70. The first kappa shape index (κ1) is 14.7. The lowest BCUT2D eigenvalue weighted by Crippen LogP contribution is -1.99. The van der Waals surface area contributed by atoms with Crippen molar-refractivity contribution in [2.24, 2.45) is 0 Å². The Bertz CT molecular complexity index is 643. The van der Waals surface area contributed by atoms with E-state index in [0.717, 1.165) is 18.2 Å². The molecule has 0 saturated carbocycles. The van der Waals surface area contributed by atoms with Crippen LogP contribution < -0.4 is 4.74 Å². The minimum absolute atomic E-state index is 0.0147. The molecule has 3 nitrogen and oxygen atoms in total. The Morgan fingerprint density at radius 1 is 1.10 bits per heavy atom. The van der Waals surface area contributed by atoms with Gasteiger partial charge in [-0.3, -0.25) is 0 Å². The lowest BCUT2D eigenvalue weighted by molar-refractivity contribution is -0.131. The Morgan fingerprint density at radius 2 is 1.71 bits per heavy atom. The quantitative estimate of drug-likeness (QED) is 0.855. The second-order valence-electron chi connectivity index (χ2n) is 4.25. The van der Waals surface area contributed by atoms with Crippen molar-refractivity contribution in [3.8, 4) is 5.75 Å². The summed E-state index contributed by atoms with van der Waals surface area (Å²) in [5.74, 6) is -2.95. The Morgan fingerprint density at radius 3 is 2.29 bits per heavy atom. The molecule has 5 heteroatoms. The second-order valence-corrected chi connectivity index (χ2v) is 4.25. The van der Waals surface area contributed by atoms with Crippen LogP contribution in [0.15, 0.2) is 48.5 Å². The van der Waals surface area contributed by atoms with Crippen LogP contribution in [-0.2, 0) is 11.4 Å². The van der Waals surface area contributed by atoms with Crippen molar-refractivity contribution >= 4 is 12.0 Å². The molecule has 2 aromatic rings. The summed E-state index contributed by atoms with van der Waals surface area (Å²) in [5, 5.41) is 8.51. The Balaban J connectivity index is 2.02. The predicted octanol–water partition coefficient (Wildman–Crippen LogP) is 3.64. The highest BCUT2D eigenvalue weighted by molar-refractivity contribution is 5.85. The number of hydrogen-bond donors (Lipinski definition) is 1. The van der Waals surface area contributed by atoms with Crippen molar-refractivity contribution in [3.05, 3.63) is 71.3 Å². The first-order valence-corrected chi connectivity index (χ1v) is 6.13. The zero-order chi connectivity index (χ0) is 15.2. The number of aliphatic carboxylic acids is 1. The van der Waals surface area contributed by atoms with Gasteiger partial charge in [-0.1, -0.05) is 30.3 Å². The van der Waals surface area contributed by atoms with E-state index in [1.54, 1.807) is 24.3 Å². The number of para-hydroxylation sites is 1. The standard InChI is InChI=1S/C16H12F2O3/c17-13-2-1-3-14(18)16(13)21-10-12-6-4-11(5-7-12)8-9-15(19)20/h1-9H,10H2,(H,19,20)/b9-8+. The summed E-state index contributed by atoms with van der Waals surface area (Å²) < 4.78 is 31.9. The molecule has 0 spiro atoms. The van der Waals surface area contributed by atoms with Crippen molar-refractivity contribution in [1.29, 1.82) is 0 Å². The van der Waals surface area contributed by atoms with Crippen molar-refractivity contribution in [1.82, 2.24) is 0 Å². The van der Waals surface area contributed by atoms with Crippen molar-refractivity contribution in [2.75, 3.05) is 0 Å². The molecule has 108 valence electrons. The summed E-state index contributed by atoms with van der Waals surface area (Å²) in [7, 11) is 0. The maximum absolute atomic E-state index is 13.4. The number of ether oxygens (including phenoxy) is 1. The Labute approximate surface area is 120 Å². The van der Waals surface area contributed by atoms with Gasteiger partial charge in [-0.15, -0.1) is 0 Å². The molecule has 0 amide bonds. The topological polar surface area (TPSA) is 46.5 Å². The van der Waals surface area contributed by atoms with Gasteiger partial charge in [0.05, 0.1) is 0 Å². The zero-order valence-corrected chi connectivity index (χ0v) is 10.9. The summed E-state index contributed by atoms with van der Waals surface area (Å²) in [4.78, 5) is 10.4. The SMILES string of the molecule is O=C(O)/C=C/c1ccc(COc2c(F)cccc2F)cc1. The molecule has 1 N–H and O–H groups in total. The highest BCUT2D eigenvalue weighted by atomic mass is 19.1. The molecule has 0 aliphatic rings. The molecular weight excluding hydrogens is 278 g/mol. The summed E-state index contributed by atoms with van der Waals surface area (Å²) in [6.45, 7) is 0.0147. The first-order chi connectivity index (χ1) is 10.1. The summed E-state index contributed by atoms with van der Waals surface area (Å²) in [6.07, 6.45) is 2.48. The van der Waals surface area contributed by atoms with Gasteiger partial charge in [0.15, 0.2) is 17.4 Å². The fourth-order valence-electron chi connectivity index (χ4n) is 1.67. The molecule has 21 heavy (non-hydrogen) atoms. The predicted molar refractivity (Wildman–Crippen MR) is 73.8 cm³/mol. The molecule has 0 unspecified atom stereocenters. The van der Waals surface area contributed by atoms with Crippen molar-refractivity contribution in [3.63, 3.8) is 0 Å². The van der Waals surface area contributed by atoms with Gasteiger partial charge >= 0.3 is 5.97 Å². The van der Waals surface area contributed by atoms with Crippen molar-refractivity contribution < 1.29 is 23.4 Å². The zero-order valence-electron chi connectivity index (χ0n) is 10.9. The van der Waals surface area contributed by atoms with Crippen LogP contribution in [0, 0.1) is 11.6 Å². The van der Waals surface area contributed by atoms with Crippen LogP contribution in [0.3, 0.4) is 0 Å². The van der Waals surface area contributed by atoms with Gasteiger partial charge in [-0.2, -0.15) is 0 Å². The van der Waals surface area contributed by atoms with E-state index >= 15 is 0 Å². The van der Waals surface area contributed by atoms with Gasteiger partial charge in [-0.25, -0.2) is 13.6 Å². The third kappa shape index (κ3) is 4.14. The fraction of sp³-hybridized carbons (Fsp3) is 0.0625. The minimum atomic E-state index is -1.03. The molecule has 0 aliphatic carbocycles. The van der Waals surface area contributed by atoms with Crippen LogP contribution >= 0.6 is 0 Å². The van der Waals surface area contributed by atoms with E-state index in [9.17, 15) is 13.6 Å². The van der Waals surface area contributed by atoms with E-state index in [1.807, 2.05) is 0 Å². The lowest BCUT2D eigenvalue weighted by atomic mass is 10.1. The van der Waals surface area contributed by atoms with Gasteiger partial charge < -0.3 is 9.84 Å². The van der Waals surface area contributed by atoms with E-state index in [1.165, 1.54) is 12.1 Å². The largest absolute Gasteiger partial charge is 0.483 e. The molecule has 0 radical (unpaired) electrons. The number of carboxylic acids is 1. The summed E-state index contributed by atoms with van der Waals surface area (Å²) in [5.41, 5.74) is 1.42. The monoisotopic (exact) mass is 290 g/mol. The normalized spacial score (nSPS) is 10.8. The molecule has 0 bridgehead atoms. The van der Waals surface area contributed by atoms with Crippen LogP contribution in [0.25, 0.3) is 6.08 Å². The molecular formula is C16H12F2O3. The summed E-state index contributed by atoms with van der Waals surface area (Å²) >= 11 is 0. The van der Waals surface area contributed by atoms with Gasteiger partial charge in [-0.05, 0) is 29.3 Å². The molecule has 0 fully saturated rings. The molecule has 0 aliphatic heterocycles. The van der Waals surface area contributed by atoms with Gasteiger partial charge in [0.1, 0.15) is 6.61 Å². The average molecular weight is 290 g/mol. The van der Waals surface area contributed by atoms with Crippen LogP contribution in [-0.4, -0.2) is 11.1 Å². The van der Waals surface area contributed by atoms with Gasteiger partial charge in [0, 0.05) is 6.08 Å². The summed E-state index contributed by atoms with van der Waals surface area (Å²) in [6, 6.07) is 10.3. The number of rotatable bonds is 5. The van der Waals surface area contributed by atoms with Gasteiger partial charge in [0.2, 0.25) is 0 Å². The Hall–Kier alpha value is -2.69. The number of carboxylic acid groups (broad SMARTS) is 1. The van der Waals surface area contributed by atoms with Crippen LogP contribution in [0.4, 0.5) is 8.78 Å². The molecule has 0 saturated heterocycles. The van der Waals surface area contributed by atoms with E-state index in [4.69, 9.17) is 9.84 Å². The Kier molecular flexibility index (Phi) is 4.66. The van der Waals surface area contributed by atoms with E-state index in [2.05, 4.69) is 0 Å². The van der Waals surface area contributed by atoms with E-state index < -0.39 is 23.4 Å². The number of carbonyl (C=O) groups is 1. The maximum atomic E-state index is 13.4. The number of halogens is 2. The second kappa shape index (κ2) is 6.65. The van der Waals surface area contributed by atoms with Crippen molar-refractivity contribution in [2.45, 2.75) is 6.61 Å². The third-order valence-electron chi connectivity index (χ3n) is 2.70. The molecule has 0 heterocycles. The average Bonchev–Trinajstić information content (AvgIpc) is 2.46. The van der Waals surface area contributed by atoms with E-state index in [0.29, 0.717) is 11.1 Å². The molecule has 2 aromatic carbocycles. The minimum Gasteiger partial charge on any atom is -0.483 e. The molecule has 0 atom stereocenters. The molecule has 2 rings (SSSR count). The van der Waals surface area contributed by atoms with Gasteiger partial charge in [0.25, 0.3) is 0 Å². The van der Waals surface area contributed by atoms with E-state index in [-0.39, 0.29) is 6.61 Å². The maximum Gasteiger partial charge on any atom is 0.328 e.